The standard InChI is InChI=1S/C21H20N4O5/c1-28-17-11-14(12-18-20(17)30-10-9-29-18)21(27)22-13-19(26)24-15-3-5-16(6-4-15)25-8-2-7-23-25/h2-8,11-12H,9-10,13H2,1H3,(H,22,27)(H,24,26). The minimum atomic E-state index is -0.422. The molecule has 9 heteroatoms. The molecule has 0 radical (unpaired) electrons. The van der Waals surface area contributed by atoms with Crippen molar-refractivity contribution in [3.8, 4) is 22.9 Å². The highest BCUT2D eigenvalue weighted by atomic mass is 16.6. The number of methoxy groups -OCH3 is 1. The van der Waals surface area contributed by atoms with E-state index in [0.29, 0.717) is 41.7 Å². The zero-order valence-corrected chi connectivity index (χ0v) is 16.3. The van der Waals surface area contributed by atoms with Gasteiger partial charge in [-0.15, -0.1) is 0 Å². The third kappa shape index (κ3) is 4.19. The highest BCUT2D eigenvalue weighted by molar-refractivity contribution is 6.00. The van der Waals surface area contributed by atoms with E-state index in [-0.39, 0.29) is 12.5 Å². The molecule has 0 aliphatic carbocycles. The van der Waals surface area contributed by atoms with Gasteiger partial charge in [0, 0.05) is 23.6 Å². The van der Waals surface area contributed by atoms with Crippen molar-refractivity contribution < 1.29 is 23.8 Å². The number of fused-ring (bicyclic) bond motifs is 1. The van der Waals surface area contributed by atoms with Crippen molar-refractivity contribution in [1.29, 1.82) is 0 Å². The molecule has 2 heterocycles. The minimum Gasteiger partial charge on any atom is -0.493 e. The number of anilines is 1. The Kier molecular flexibility index (Phi) is 5.51. The van der Waals surface area contributed by atoms with Crippen LogP contribution in [0.15, 0.2) is 54.9 Å². The molecule has 0 bridgehead atoms. The van der Waals surface area contributed by atoms with Crippen LogP contribution < -0.4 is 24.8 Å². The van der Waals surface area contributed by atoms with Crippen LogP contribution in [0.1, 0.15) is 10.4 Å². The van der Waals surface area contributed by atoms with Gasteiger partial charge in [-0.05, 0) is 42.5 Å². The molecule has 0 saturated heterocycles. The molecule has 0 saturated carbocycles. The number of benzene rings is 2. The maximum atomic E-state index is 12.5. The van der Waals surface area contributed by atoms with Crippen molar-refractivity contribution in [3.05, 3.63) is 60.4 Å². The Morgan fingerprint density at radius 3 is 2.70 bits per heavy atom. The summed E-state index contributed by atoms with van der Waals surface area (Å²) >= 11 is 0. The maximum Gasteiger partial charge on any atom is 0.251 e. The lowest BCUT2D eigenvalue weighted by Crippen LogP contribution is -2.33. The lowest BCUT2D eigenvalue weighted by molar-refractivity contribution is -0.115. The van der Waals surface area contributed by atoms with Crippen molar-refractivity contribution in [2.45, 2.75) is 0 Å². The number of ether oxygens (including phenoxy) is 3. The van der Waals surface area contributed by atoms with Crippen LogP contribution in [0.5, 0.6) is 17.2 Å². The number of carbonyl (C=O) groups excluding carboxylic acids is 2. The van der Waals surface area contributed by atoms with E-state index in [1.807, 2.05) is 24.4 Å². The number of carbonyl (C=O) groups is 2. The van der Waals surface area contributed by atoms with Crippen LogP contribution in [0.25, 0.3) is 5.69 Å². The molecule has 0 fully saturated rings. The molecule has 2 aromatic carbocycles. The Hall–Kier alpha value is -4.01. The van der Waals surface area contributed by atoms with Gasteiger partial charge in [-0.1, -0.05) is 0 Å². The fourth-order valence-electron chi connectivity index (χ4n) is 2.99. The van der Waals surface area contributed by atoms with Crippen molar-refractivity contribution in [3.63, 3.8) is 0 Å². The fourth-order valence-corrected chi connectivity index (χ4v) is 2.99. The van der Waals surface area contributed by atoms with Gasteiger partial charge in [0.15, 0.2) is 11.5 Å². The number of hydrogen-bond acceptors (Lipinski definition) is 6. The third-order valence-corrected chi connectivity index (χ3v) is 4.42. The number of rotatable bonds is 6. The van der Waals surface area contributed by atoms with E-state index in [4.69, 9.17) is 14.2 Å². The monoisotopic (exact) mass is 408 g/mol. The Balaban J connectivity index is 1.35. The molecular formula is C21H20N4O5. The highest BCUT2D eigenvalue weighted by Crippen LogP contribution is 2.40. The molecule has 1 aliphatic rings. The van der Waals surface area contributed by atoms with Gasteiger partial charge in [-0.25, -0.2) is 4.68 Å². The summed E-state index contributed by atoms with van der Waals surface area (Å²) < 4.78 is 18.0. The van der Waals surface area contributed by atoms with Crippen molar-refractivity contribution in [2.75, 3.05) is 32.2 Å². The number of amides is 2. The second-order valence-electron chi connectivity index (χ2n) is 6.43. The molecule has 30 heavy (non-hydrogen) atoms. The normalized spacial score (nSPS) is 12.2. The summed E-state index contributed by atoms with van der Waals surface area (Å²) in [6, 6.07) is 12.2. The van der Waals surface area contributed by atoms with Crippen LogP contribution in [0.4, 0.5) is 5.69 Å². The van der Waals surface area contributed by atoms with Gasteiger partial charge < -0.3 is 24.8 Å². The first-order valence-electron chi connectivity index (χ1n) is 9.30. The molecule has 4 rings (SSSR count). The van der Waals surface area contributed by atoms with E-state index in [0.717, 1.165) is 5.69 Å². The van der Waals surface area contributed by atoms with Gasteiger partial charge in [0.1, 0.15) is 13.2 Å². The van der Waals surface area contributed by atoms with Crippen LogP contribution in [0.3, 0.4) is 0 Å². The average Bonchev–Trinajstić information content (AvgIpc) is 3.32. The van der Waals surface area contributed by atoms with Crippen LogP contribution in [0, 0.1) is 0 Å². The number of aromatic nitrogens is 2. The molecule has 1 aliphatic heterocycles. The molecule has 0 atom stereocenters. The second-order valence-corrected chi connectivity index (χ2v) is 6.43. The van der Waals surface area contributed by atoms with Crippen LogP contribution in [-0.4, -0.2) is 48.5 Å². The summed E-state index contributed by atoms with van der Waals surface area (Å²) in [6.07, 6.45) is 3.52. The Bertz CT molecular complexity index is 1030. The van der Waals surface area contributed by atoms with Crippen molar-refractivity contribution in [2.24, 2.45) is 0 Å². The van der Waals surface area contributed by atoms with E-state index in [1.54, 1.807) is 35.1 Å². The number of hydrogen-bond donors (Lipinski definition) is 2. The summed E-state index contributed by atoms with van der Waals surface area (Å²) in [6.45, 7) is 0.622. The summed E-state index contributed by atoms with van der Waals surface area (Å²) in [5.41, 5.74) is 1.80. The predicted octanol–water partition coefficient (Wildman–Crippen LogP) is 2.02. The lowest BCUT2D eigenvalue weighted by Gasteiger charge is -2.21. The molecule has 0 unspecified atom stereocenters. The Labute approximate surface area is 172 Å². The summed E-state index contributed by atoms with van der Waals surface area (Å²) in [4.78, 5) is 24.7. The smallest absolute Gasteiger partial charge is 0.251 e. The summed E-state index contributed by atoms with van der Waals surface area (Å²) in [5.74, 6) is 0.539. The minimum absolute atomic E-state index is 0.184. The molecular weight excluding hydrogens is 388 g/mol. The number of nitrogens with one attached hydrogen (secondary N) is 2. The van der Waals surface area contributed by atoms with Gasteiger partial charge in [0.25, 0.3) is 5.91 Å². The molecule has 9 nitrogen and oxygen atoms in total. The molecule has 3 aromatic rings. The topological polar surface area (TPSA) is 104 Å². The first-order valence-corrected chi connectivity index (χ1v) is 9.30. The van der Waals surface area contributed by atoms with E-state index in [1.165, 1.54) is 7.11 Å². The van der Waals surface area contributed by atoms with Crippen LogP contribution in [-0.2, 0) is 4.79 Å². The highest BCUT2D eigenvalue weighted by Gasteiger charge is 2.21. The molecule has 154 valence electrons. The quantitative estimate of drug-likeness (QED) is 0.647. The Morgan fingerprint density at radius 2 is 1.97 bits per heavy atom. The number of nitrogens with zero attached hydrogens (tertiary/aromatic N) is 2. The van der Waals surface area contributed by atoms with Gasteiger partial charge in [0.05, 0.1) is 19.3 Å². The lowest BCUT2D eigenvalue weighted by atomic mass is 10.1. The third-order valence-electron chi connectivity index (χ3n) is 4.42. The summed E-state index contributed by atoms with van der Waals surface area (Å²) in [5, 5.41) is 9.48. The average molecular weight is 408 g/mol. The largest absolute Gasteiger partial charge is 0.493 e. The van der Waals surface area contributed by atoms with Crippen LogP contribution >= 0.6 is 0 Å². The Morgan fingerprint density at radius 1 is 1.17 bits per heavy atom. The van der Waals surface area contributed by atoms with Gasteiger partial charge >= 0.3 is 0 Å². The van der Waals surface area contributed by atoms with E-state index in [9.17, 15) is 9.59 Å². The maximum absolute atomic E-state index is 12.5. The molecule has 2 amide bonds. The van der Waals surface area contributed by atoms with Crippen LogP contribution in [0.2, 0.25) is 0 Å². The fraction of sp³-hybridized carbons (Fsp3) is 0.190. The predicted molar refractivity (Wildman–Crippen MR) is 109 cm³/mol. The molecule has 0 spiro atoms. The second kappa shape index (κ2) is 8.56. The van der Waals surface area contributed by atoms with Gasteiger partial charge in [-0.2, -0.15) is 5.10 Å². The zero-order chi connectivity index (χ0) is 20.9. The van der Waals surface area contributed by atoms with Crippen molar-refractivity contribution >= 4 is 17.5 Å². The van der Waals surface area contributed by atoms with E-state index >= 15 is 0 Å². The van der Waals surface area contributed by atoms with E-state index < -0.39 is 5.91 Å². The van der Waals surface area contributed by atoms with Gasteiger partial charge in [-0.3, -0.25) is 9.59 Å². The van der Waals surface area contributed by atoms with Crippen molar-refractivity contribution in [1.82, 2.24) is 15.1 Å². The zero-order valence-electron chi connectivity index (χ0n) is 16.3. The first kappa shape index (κ1) is 19.3. The summed E-state index contributed by atoms with van der Waals surface area (Å²) in [7, 11) is 1.49. The SMILES string of the molecule is COc1cc(C(=O)NCC(=O)Nc2ccc(-n3cccn3)cc2)cc2c1OCCO2. The molecule has 1 aromatic heterocycles. The van der Waals surface area contributed by atoms with E-state index in [2.05, 4.69) is 15.7 Å². The first-order chi connectivity index (χ1) is 14.6. The molecule has 2 N–H and O–H groups in total. The van der Waals surface area contributed by atoms with Gasteiger partial charge in [0.2, 0.25) is 11.7 Å².